The normalized spacial score (nSPS) is 11.1. The predicted octanol–water partition coefficient (Wildman–Crippen LogP) is 2.91. The summed E-state index contributed by atoms with van der Waals surface area (Å²) in [6, 6.07) is 14.1. The van der Waals surface area contributed by atoms with Crippen LogP contribution in [0.4, 0.5) is 5.69 Å². The lowest BCUT2D eigenvalue weighted by molar-refractivity contribution is 0.0526. The topological polar surface area (TPSA) is 73.9 Å². The van der Waals surface area contributed by atoms with Gasteiger partial charge in [-0.2, -0.15) is 0 Å². The SMILES string of the molecule is CCOC(=O)c1ccc(N=C(N)c2ccc(OC)cc2)cc1. The summed E-state index contributed by atoms with van der Waals surface area (Å²) in [7, 11) is 1.61. The van der Waals surface area contributed by atoms with Crippen LogP contribution in [0.3, 0.4) is 0 Å². The molecular formula is C17H18N2O3. The first-order valence-electron chi connectivity index (χ1n) is 6.90. The highest BCUT2D eigenvalue weighted by molar-refractivity contribution is 5.99. The number of ether oxygens (including phenoxy) is 2. The second-order valence-corrected chi connectivity index (χ2v) is 4.49. The van der Waals surface area contributed by atoms with Gasteiger partial charge >= 0.3 is 5.97 Å². The average Bonchev–Trinajstić information content (AvgIpc) is 2.55. The van der Waals surface area contributed by atoms with Gasteiger partial charge in [0.1, 0.15) is 11.6 Å². The Hall–Kier alpha value is -2.82. The molecule has 2 aromatic rings. The molecule has 0 spiro atoms. The van der Waals surface area contributed by atoms with Crippen LogP contribution in [-0.4, -0.2) is 25.5 Å². The van der Waals surface area contributed by atoms with Crippen molar-refractivity contribution in [2.45, 2.75) is 6.92 Å². The van der Waals surface area contributed by atoms with Crippen molar-refractivity contribution in [1.29, 1.82) is 0 Å². The highest BCUT2D eigenvalue weighted by Crippen LogP contribution is 2.16. The number of amidine groups is 1. The van der Waals surface area contributed by atoms with Crippen molar-refractivity contribution in [3.05, 3.63) is 59.7 Å². The molecule has 0 saturated heterocycles. The van der Waals surface area contributed by atoms with Gasteiger partial charge in [-0.05, 0) is 55.5 Å². The third-order valence-electron chi connectivity index (χ3n) is 3.01. The van der Waals surface area contributed by atoms with E-state index in [1.165, 1.54) is 0 Å². The summed E-state index contributed by atoms with van der Waals surface area (Å²) in [5, 5.41) is 0. The van der Waals surface area contributed by atoms with E-state index in [9.17, 15) is 4.79 Å². The Morgan fingerprint density at radius 2 is 1.64 bits per heavy atom. The molecule has 0 saturated carbocycles. The highest BCUT2D eigenvalue weighted by atomic mass is 16.5. The van der Waals surface area contributed by atoms with Crippen molar-refractivity contribution >= 4 is 17.5 Å². The summed E-state index contributed by atoms with van der Waals surface area (Å²) in [4.78, 5) is 15.9. The fourth-order valence-corrected chi connectivity index (χ4v) is 1.85. The lowest BCUT2D eigenvalue weighted by Gasteiger charge is -2.04. The van der Waals surface area contributed by atoms with Gasteiger partial charge in [-0.15, -0.1) is 0 Å². The number of esters is 1. The molecular weight excluding hydrogens is 280 g/mol. The summed E-state index contributed by atoms with van der Waals surface area (Å²) in [5.41, 5.74) is 7.94. The number of nitrogens with two attached hydrogens (primary N) is 1. The van der Waals surface area contributed by atoms with Crippen LogP contribution in [0.1, 0.15) is 22.8 Å². The van der Waals surface area contributed by atoms with E-state index in [2.05, 4.69) is 4.99 Å². The van der Waals surface area contributed by atoms with Crippen LogP contribution in [0.5, 0.6) is 5.75 Å². The van der Waals surface area contributed by atoms with Gasteiger partial charge in [-0.25, -0.2) is 9.79 Å². The number of benzene rings is 2. The summed E-state index contributed by atoms with van der Waals surface area (Å²) in [6.07, 6.45) is 0. The molecule has 22 heavy (non-hydrogen) atoms. The molecule has 114 valence electrons. The zero-order chi connectivity index (χ0) is 15.9. The number of rotatable bonds is 5. The van der Waals surface area contributed by atoms with Crippen molar-refractivity contribution < 1.29 is 14.3 Å². The second-order valence-electron chi connectivity index (χ2n) is 4.49. The zero-order valence-electron chi connectivity index (χ0n) is 12.6. The Kier molecular flexibility index (Phi) is 5.14. The summed E-state index contributed by atoms with van der Waals surface area (Å²) in [6.45, 7) is 2.12. The molecule has 0 heterocycles. The van der Waals surface area contributed by atoms with Crippen molar-refractivity contribution in [2.75, 3.05) is 13.7 Å². The van der Waals surface area contributed by atoms with E-state index in [4.69, 9.17) is 15.2 Å². The van der Waals surface area contributed by atoms with Crippen molar-refractivity contribution in [2.24, 2.45) is 10.7 Å². The van der Waals surface area contributed by atoms with E-state index in [0.29, 0.717) is 23.7 Å². The number of hydrogen-bond donors (Lipinski definition) is 1. The molecule has 0 bridgehead atoms. The van der Waals surface area contributed by atoms with Gasteiger partial charge < -0.3 is 15.2 Å². The molecule has 0 aliphatic rings. The average molecular weight is 298 g/mol. The van der Waals surface area contributed by atoms with Gasteiger partial charge in [-0.1, -0.05) is 0 Å². The lowest BCUT2D eigenvalue weighted by atomic mass is 10.2. The number of carbonyl (C=O) groups is 1. The third-order valence-corrected chi connectivity index (χ3v) is 3.01. The van der Waals surface area contributed by atoms with Crippen LogP contribution in [0.2, 0.25) is 0 Å². The van der Waals surface area contributed by atoms with E-state index < -0.39 is 0 Å². The fourth-order valence-electron chi connectivity index (χ4n) is 1.85. The second kappa shape index (κ2) is 7.26. The molecule has 5 nitrogen and oxygen atoms in total. The quantitative estimate of drug-likeness (QED) is 0.523. The molecule has 0 atom stereocenters. The summed E-state index contributed by atoms with van der Waals surface area (Å²) >= 11 is 0. The molecule has 0 fully saturated rings. The lowest BCUT2D eigenvalue weighted by Crippen LogP contribution is -2.12. The maximum atomic E-state index is 11.6. The Morgan fingerprint density at radius 1 is 1.05 bits per heavy atom. The molecule has 5 heteroatoms. The Balaban J connectivity index is 2.15. The molecule has 2 rings (SSSR count). The molecule has 2 N–H and O–H groups in total. The maximum absolute atomic E-state index is 11.6. The molecule has 2 aromatic carbocycles. The molecule has 0 aliphatic heterocycles. The summed E-state index contributed by atoms with van der Waals surface area (Å²) < 4.78 is 10.0. The molecule has 0 aliphatic carbocycles. The van der Waals surface area contributed by atoms with E-state index >= 15 is 0 Å². The van der Waals surface area contributed by atoms with Crippen LogP contribution in [0.15, 0.2) is 53.5 Å². The van der Waals surface area contributed by atoms with Crippen LogP contribution in [0, 0.1) is 0 Å². The number of carbonyl (C=O) groups excluding carboxylic acids is 1. The molecule has 0 aromatic heterocycles. The highest BCUT2D eigenvalue weighted by Gasteiger charge is 2.06. The van der Waals surface area contributed by atoms with Crippen LogP contribution in [0.25, 0.3) is 0 Å². The van der Waals surface area contributed by atoms with Gasteiger partial charge in [0.25, 0.3) is 0 Å². The van der Waals surface area contributed by atoms with Crippen LogP contribution < -0.4 is 10.5 Å². The molecule has 0 amide bonds. The first kappa shape index (κ1) is 15.6. The number of methoxy groups -OCH3 is 1. The summed E-state index contributed by atoms with van der Waals surface area (Å²) in [5.74, 6) is 0.808. The van der Waals surface area contributed by atoms with E-state index in [1.807, 2.05) is 24.3 Å². The third kappa shape index (κ3) is 3.85. The number of hydrogen-bond acceptors (Lipinski definition) is 4. The Morgan fingerprint density at radius 3 is 2.18 bits per heavy atom. The predicted molar refractivity (Wildman–Crippen MR) is 85.8 cm³/mol. The monoisotopic (exact) mass is 298 g/mol. The largest absolute Gasteiger partial charge is 0.497 e. The number of aliphatic imine (C=N–C) groups is 1. The van der Waals surface area contributed by atoms with Gasteiger partial charge in [0.15, 0.2) is 0 Å². The Bertz CT molecular complexity index is 661. The van der Waals surface area contributed by atoms with Crippen molar-refractivity contribution in [3.63, 3.8) is 0 Å². The minimum absolute atomic E-state index is 0.346. The number of nitrogens with zero attached hydrogens (tertiary/aromatic N) is 1. The molecule has 0 unspecified atom stereocenters. The zero-order valence-corrected chi connectivity index (χ0v) is 12.6. The van der Waals surface area contributed by atoms with Crippen LogP contribution >= 0.6 is 0 Å². The van der Waals surface area contributed by atoms with Crippen molar-refractivity contribution in [1.82, 2.24) is 0 Å². The van der Waals surface area contributed by atoms with Crippen molar-refractivity contribution in [3.8, 4) is 5.75 Å². The maximum Gasteiger partial charge on any atom is 0.338 e. The first-order valence-corrected chi connectivity index (χ1v) is 6.90. The minimum atomic E-state index is -0.346. The molecule has 0 radical (unpaired) electrons. The van der Waals surface area contributed by atoms with Crippen LogP contribution in [-0.2, 0) is 4.74 Å². The van der Waals surface area contributed by atoms with E-state index in [1.54, 1.807) is 38.3 Å². The van der Waals surface area contributed by atoms with E-state index in [-0.39, 0.29) is 5.97 Å². The van der Waals surface area contributed by atoms with E-state index in [0.717, 1.165) is 11.3 Å². The first-order chi connectivity index (χ1) is 10.6. The van der Waals surface area contributed by atoms with Gasteiger partial charge in [0, 0.05) is 5.56 Å². The van der Waals surface area contributed by atoms with Gasteiger partial charge in [0.2, 0.25) is 0 Å². The fraction of sp³-hybridized carbons (Fsp3) is 0.176. The van der Waals surface area contributed by atoms with Gasteiger partial charge in [0.05, 0.1) is 25.0 Å². The Labute approximate surface area is 129 Å². The van der Waals surface area contributed by atoms with Gasteiger partial charge in [-0.3, -0.25) is 0 Å². The smallest absolute Gasteiger partial charge is 0.338 e. The standard InChI is InChI=1S/C17H18N2O3/c1-3-22-17(20)13-4-8-14(9-5-13)19-16(18)12-6-10-15(21-2)11-7-12/h4-11H,3H2,1-2H3,(H2,18,19). The minimum Gasteiger partial charge on any atom is -0.497 e.